The quantitative estimate of drug-likeness (QED) is 0.605. The van der Waals surface area contributed by atoms with Gasteiger partial charge in [0.2, 0.25) is 0 Å². The fourth-order valence-electron chi connectivity index (χ4n) is 0.436. The molecular formula is C5H12O3Si. The van der Waals surface area contributed by atoms with E-state index in [1.54, 1.807) is 7.11 Å². The monoisotopic (exact) mass is 148 g/mol. The first kappa shape index (κ1) is 8.65. The van der Waals surface area contributed by atoms with Crippen molar-refractivity contribution >= 4 is 14.3 Å². The summed E-state index contributed by atoms with van der Waals surface area (Å²) >= 11 is 0. The van der Waals surface area contributed by atoms with Crippen molar-refractivity contribution in [3.8, 4) is 0 Å². The highest BCUT2D eigenvalue weighted by molar-refractivity contribution is 6.73. The highest BCUT2D eigenvalue weighted by atomic mass is 28.4. The fourth-order valence-corrected chi connectivity index (χ4v) is 1.31. The lowest BCUT2D eigenvalue weighted by Crippen LogP contribution is -2.31. The molecule has 0 aromatic rings. The average Bonchev–Trinajstić information content (AvgIpc) is 1.63. The lowest BCUT2D eigenvalue weighted by atomic mass is 10.8. The molecule has 0 saturated carbocycles. The zero-order valence-corrected chi connectivity index (χ0v) is 6.97. The van der Waals surface area contributed by atoms with Crippen LogP contribution in [0.15, 0.2) is 0 Å². The largest absolute Gasteiger partial charge is 0.481 e. The summed E-state index contributed by atoms with van der Waals surface area (Å²) in [6.45, 7) is 3.75. The minimum absolute atomic E-state index is 0.184. The van der Waals surface area contributed by atoms with E-state index in [1.807, 2.05) is 13.1 Å². The molecule has 0 heterocycles. The van der Waals surface area contributed by atoms with Crippen molar-refractivity contribution in [2.24, 2.45) is 0 Å². The molecule has 0 spiro atoms. The van der Waals surface area contributed by atoms with Crippen LogP contribution in [-0.2, 0) is 9.22 Å². The van der Waals surface area contributed by atoms with Gasteiger partial charge in [0.1, 0.15) is 0 Å². The number of hydrogen-bond donors (Lipinski definition) is 1. The van der Waals surface area contributed by atoms with E-state index in [1.165, 1.54) is 0 Å². The zero-order valence-electron chi connectivity index (χ0n) is 5.97. The molecule has 3 nitrogen and oxygen atoms in total. The maximum absolute atomic E-state index is 10.1. The maximum atomic E-state index is 10.1. The average molecular weight is 148 g/mol. The number of carboxylic acids is 1. The van der Waals surface area contributed by atoms with Crippen molar-refractivity contribution in [1.29, 1.82) is 0 Å². The number of aliphatic carboxylic acids is 1. The van der Waals surface area contributed by atoms with Crippen LogP contribution in [0.4, 0.5) is 0 Å². The van der Waals surface area contributed by atoms with Crippen LogP contribution in [0.5, 0.6) is 0 Å². The Hall–Kier alpha value is -0.353. The summed E-state index contributed by atoms with van der Waals surface area (Å²) in [6, 6.07) is 0.184. The summed E-state index contributed by atoms with van der Waals surface area (Å²) in [7, 11) is -0.275. The van der Waals surface area contributed by atoms with E-state index in [9.17, 15) is 4.79 Å². The Kier molecular flexibility index (Phi) is 2.86. The molecule has 9 heavy (non-hydrogen) atoms. The van der Waals surface area contributed by atoms with Crippen LogP contribution in [0.25, 0.3) is 0 Å². The second kappa shape index (κ2) is 2.98. The van der Waals surface area contributed by atoms with Gasteiger partial charge in [-0.3, -0.25) is 4.79 Å². The fraction of sp³-hybridized carbons (Fsp3) is 0.800. The van der Waals surface area contributed by atoms with Crippen LogP contribution in [-0.4, -0.2) is 26.5 Å². The number of hydrogen-bond acceptors (Lipinski definition) is 2. The van der Waals surface area contributed by atoms with E-state index in [2.05, 4.69) is 0 Å². The minimum Gasteiger partial charge on any atom is -0.481 e. The minimum atomic E-state index is -1.84. The topological polar surface area (TPSA) is 46.5 Å². The Morgan fingerprint density at radius 3 is 2.22 bits per heavy atom. The van der Waals surface area contributed by atoms with Gasteiger partial charge < -0.3 is 9.53 Å². The van der Waals surface area contributed by atoms with E-state index in [0.717, 1.165) is 0 Å². The summed E-state index contributed by atoms with van der Waals surface area (Å²) in [5, 5.41) is 8.33. The van der Waals surface area contributed by atoms with Gasteiger partial charge in [-0.05, 0) is 13.1 Å². The van der Waals surface area contributed by atoms with Gasteiger partial charge in [0.25, 0.3) is 0 Å². The van der Waals surface area contributed by atoms with E-state index >= 15 is 0 Å². The van der Waals surface area contributed by atoms with Gasteiger partial charge in [-0.1, -0.05) is 0 Å². The van der Waals surface area contributed by atoms with Crippen molar-refractivity contribution in [2.75, 3.05) is 7.11 Å². The lowest BCUT2D eigenvalue weighted by molar-refractivity contribution is -0.134. The Morgan fingerprint density at radius 1 is 1.67 bits per heavy atom. The normalized spacial score (nSPS) is 11.4. The van der Waals surface area contributed by atoms with Gasteiger partial charge in [0, 0.05) is 7.11 Å². The molecule has 1 N–H and O–H groups in total. The van der Waals surface area contributed by atoms with E-state index in [0.29, 0.717) is 0 Å². The second-order valence-corrected chi connectivity index (χ2v) is 6.82. The summed E-state index contributed by atoms with van der Waals surface area (Å²) in [5.74, 6) is -0.770. The van der Waals surface area contributed by atoms with Gasteiger partial charge in [-0.2, -0.15) is 0 Å². The first-order valence-corrected chi connectivity index (χ1v) is 5.86. The molecule has 0 aliphatic rings. The van der Waals surface area contributed by atoms with Crippen LogP contribution in [0.1, 0.15) is 0 Å². The highest BCUT2D eigenvalue weighted by Crippen LogP contribution is 2.08. The molecule has 0 unspecified atom stereocenters. The van der Waals surface area contributed by atoms with Gasteiger partial charge in [-0.25, -0.2) is 0 Å². The zero-order chi connectivity index (χ0) is 7.49. The molecule has 0 aromatic carbocycles. The molecule has 0 amide bonds. The molecular weight excluding hydrogens is 136 g/mol. The van der Waals surface area contributed by atoms with E-state index in [-0.39, 0.29) is 6.04 Å². The third kappa shape index (κ3) is 4.17. The molecule has 0 atom stereocenters. The second-order valence-electron chi connectivity index (χ2n) is 2.53. The first-order chi connectivity index (χ1) is 3.98. The molecule has 0 aliphatic carbocycles. The van der Waals surface area contributed by atoms with Gasteiger partial charge in [-0.15, -0.1) is 0 Å². The van der Waals surface area contributed by atoms with Crippen LogP contribution >= 0.6 is 0 Å². The molecule has 0 aliphatic heterocycles. The van der Waals surface area contributed by atoms with E-state index in [4.69, 9.17) is 9.53 Å². The number of carbonyl (C=O) groups is 1. The van der Waals surface area contributed by atoms with E-state index < -0.39 is 14.3 Å². The highest BCUT2D eigenvalue weighted by Gasteiger charge is 2.23. The molecule has 54 valence electrons. The van der Waals surface area contributed by atoms with Crippen molar-refractivity contribution in [3.05, 3.63) is 0 Å². The standard InChI is InChI=1S/C5H12O3Si/c1-8-9(2,3)4-5(6)7/h4H2,1-3H3,(H,6,7). The molecule has 0 rings (SSSR count). The predicted octanol–water partition coefficient (Wildman–Crippen LogP) is 0.922. The Balaban J connectivity index is 3.71. The number of rotatable bonds is 3. The Morgan fingerprint density at radius 2 is 2.11 bits per heavy atom. The van der Waals surface area contributed by atoms with Crippen LogP contribution in [0.2, 0.25) is 19.1 Å². The molecule has 4 heteroatoms. The SMILES string of the molecule is CO[Si](C)(C)CC(=O)O. The van der Waals surface area contributed by atoms with Gasteiger partial charge in [0.15, 0.2) is 8.32 Å². The Labute approximate surface area is 55.8 Å². The summed E-state index contributed by atoms with van der Waals surface area (Å²) < 4.78 is 5.01. The third-order valence-electron chi connectivity index (χ3n) is 1.13. The molecule has 0 bridgehead atoms. The predicted molar refractivity (Wildman–Crippen MR) is 36.9 cm³/mol. The summed E-state index contributed by atoms with van der Waals surface area (Å²) in [6.07, 6.45) is 0. The number of carboxylic acid groups (broad SMARTS) is 1. The molecule has 0 saturated heterocycles. The van der Waals surface area contributed by atoms with Gasteiger partial charge in [0.05, 0.1) is 6.04 Å². The van der Waals surface area contributed by atoms with Crippen LogP contribution in [0.3, 0.4) is 0 Å². The third-order valence-corrected chi connectivity index (χ3v) is 3.39. The lowest BCUT2D eigenvalue weighted by Gasteiger charge is -2.16. The first-order valence-electron chi connectivity index (χ1n) is 2.75. The molecule has 0 radical (unpaired) electrons. The Bertz CT molecular complexity index is 111. The summed E-state index contributed by atoms with van der Waals surface area (Å²) in [4.78, 5) is 10.1. The van der Waals surface area contributed by atoms with Crippen molar-refractivity contribution in [2.45, 2.75) is 19.1 Å². The molecule has 0 fully saturated rings. The van der Waals surface area contributed by atoms with Crippen LogP contribution < -0.4 is 0 Å². The maximum Gasteiger partial charge on any atom is 0.302 e. The smallest absolute Gasteiger partial charge is 0.302 e. The van der Waals surface area contributed by atoms with Crippen molar-refractivity contribution < 1.29 is 14.3 Å². The van der Waals surface area contributed by atoms with Crippen molar-refractivity contribution in [3.63, 3.8) is 0 Å². The summed E-state index contributed by atoms with van der Waals surface area (Å²) in [5.41, 5.74) is 0. The van der Waals surface area contributed by atoms with Gasteiger partial charge >= 0.3 is 5.97 Å². The van der Waals surface area contributed by atoms with Crippen molar-refractivity contribution in [1.82, 2.24) is 0 Å². The molecule has 0 aromatic heterocycles. The van der Waals surface area contributed by atoms with Crippen LogP contribution in [0, 0.1) is 0 Å².